The molecule has 1 aromatic heterocycles. The Balaban J connectivity index is 1.63. The van der Waals surface area contributed by atoms with Crippen LogP contribution in [0, 0.1) is 0 Å². The van der Waals surface area contributed by atoms with Crippen LogP contribution in [-0.2, 0) is 9.59 Å². The van der Waals surface area contributed by atoms with Gasteiger partial charge in [0.15, 0.2) is 5.13 Å². The lowest BCUT2D eigenvalue weighted by Crippen LogP contribution is -2.38. The summed E-state index contributed by atoms with van der Waals surface area (Å²) in [6.45, 7) is -0.00910. The van der Waals surface area contributed by atoms with Gasteiger partial charge >= 0.3 is 5.97 Å². The third kappa shape index (κ3) is 3.56. The molecule has 0 saturated heterocycles. The molecule has 0 spiro atoms. The molecule has 0 atom stereocenters. The summed E-state index contributed by atoms with van der Waals surface area (Å²) < 4.78 is 1.01. The lowest BCUT2D eigenvalue weighted by Gasteiger charge is -2.18. The number of carboxylic acid groups (broad SMARTS) is 1. The quantitative estimate of drug-likeness (QED) is 0.850. The predicted molar refractivity (Wildman–Crippen MR) is 80.5 cm³/mol. The number of aromatic nitrogens is 1. The number of rotatable bonds is 6. The van der Waals surface area contributed by atoms with Crippen LogP contribution in [0.3, 0.4) is 0 Å². The van der Waals surface area contributed by atoms with Crippen molar-refractivity contribution >= 4 is 38.6 Å². The first-order chi connectivity index (χ1) is 10.1. The van der Waals surface area contributed by atoms with Crippen LogP contribution >= 0.6 is 11.3 Å². The van der Waals surface area contributed by atoms with Gasteiger partial charge in [-0.15, -0.1) is 0 Å². The van der Waals surface area contributed by atoms with Crippen molar-refractivity contribution in [3.05, 3.63) is 24.3 Å². The molecule has 1 amide bonds. The molecule has 7 heteroatoms. The van der Waals surface area contributed by atoms with Gasteiger partial charge in [-0.1, -0.05) is 23.5 Å². The summed E-state index contributed by atoms with van der Waals surface area (Å²) in [5.74, 6) is -1.13. The van der Waals surface area contributed by atoms with Gasteiger partial charge in [0.25, 0.3) is 0 Å². The molecule has 1 aliphatic carbocycles. The minimum Gasteiger partial charge on any atom is -0.480 e. The minimum atomic E-state index is -0.908. The first kappa shape index (κ1) is 14.0. The highest BCUT2D eigenvalue weighted by molar-refractivity contribution is 7.22. The molecule has 110 valence electrons. The maximum Gasteiger partial charge on any atom is 0.317 e. The van der Waals surface area contributed by atoms with E-state index in [1.165, 1.54) is 11.3 Å². The summed E-state index contributed by atoms with van der Waals surface area (Å²) in [7, 11) is 0. The second kappa shape index (κ2) is 5.79. The maximum atomic E-state index is 12.0. The lowest BCUT2D eigenvalue weighted by atomic mass is 10.3. The Bertz CT molecular complexity index is 648. The fraction of sp³-hybridized carbons (Fsp3) is 0.357. The van der Waals surface area contributed by atoms with Crippen molar-refractivity contribution in [1.29, 1.82) is 0 Å². The number of anilines is 1. The Labute approximate surface area is 125 Å². The van der Waals surface area contributed by atoms with Gasteiger partial charge in [0.1, 0.15) is 0 Å². The second-order valence-corrected chi connectivity index (χ2v) is 6.10. The van der Waals surface area contributed by atoms with E-state index < -0.39 is 5.97 Å². The number of nitrogens with zero attached hydrogens (tertiary/aromatic N) is 2. The molecule has 1 fully saturated rings. The van der Waals surface area contributed by atoms with Crippen LogP contribution in [0.2, 0.25) is 0 Å². The standard InChI is InChI=1S/C14H15N3O3S/c18-12(7-17(8-13(19)20)9-5-6-9)16-14-15-10-3-1-2-4-11(10)21-14/h1-4,9H,5-8H2,(H,19,20)(H,15,16,18). The highest BCUT2D eigenvalue weighted by Crippen LogP contribution is 2.27. The molecule has 0 bridgehead atoms. The number of carbonyl (C=O) groups is 2. The van der Waals surface area contributed by atoms with Crippen LogP contribution in [0.4, 0.5) is 5.13 Å². The highest BCUT2D eigenvalue weighted by atomic mass is 32.1. The van der Waals surface area contributed by atoms with Gasteiger partial charge in [0.05, 0.1) is 23.3 Å². The molecule has 2 N–H and O–H groups in total. The van der Waals surface area contributed by atoms with Crippen molar-refractivity contribution in [1.82, 2.24) is 9.88 Å². The molecule has 1 aromatic carbocycles. The Morgan fingerprint density at radius 1 is 1.33 bits per heavy atom. The van der Waals surface area contributed by atoms with E-state index >= 15 is 0 Å². The Morgan fingerprint density at radius 3 is 2.76 bits per heavy atom. The van der Waals surface area contributed by atoms with Gasteiger partial charge in [0.2, 0.25) is 5.91 Å². The van der Waals surface area contributed by atoms with E-state index in [1.807, 2.05) is 24.3 Å². The summed E-state index contributed by atoms with van der Waals surface area (Å²) in [6.07, 6.45) is 1.92. The SMILES string of the molecule is O=C(O)CN(CC(=O)Nc1nc2ccccc2s1)C1CC1. The predicted octanol–water partition coefficient (Wildman–Crippen LogP) is 1.78. The van der Waals surface area contributed by atoms with E-state index in [9.17, 15) is 9.59 Å². The molecule has 3 rings (SSSR count). The summed E-state index contributed by atoms with van der Waals surface area (Å²) in [4.78, 5) is 28.9. The molecule has 1 heterocycles. The van der Waals surface area contributed by atoms with E-state index in [-0.39, 0.29) is 25.0 Å². The van der Waals surface area contributed by atoms with Crippen molar-refractivity contribution in [3.63, 3.8) is 0 Å². The first-order valence-electron chi connectivity index (χ1n) is 6.73. The lowest BCUT2D eigenvalue weighted by molar-refractivity contribution is -0.138. The topological polar surface area (TPSA) is 82.5 Å². The van der Waals surface area contributed by atoms with E-state index in [0.717, 1.165) is 23.1 Å². The Kier molecular flexibility index (Phi) is 3.85. The fourth-order valence-electron chi connectivity index (χ4n) is 2.20. The molecule has 0 radical (unpaired) electrons. The number of nitrogens with one attached hydrogen (secondary N) is 1. The van der Waals surface area contributed by atoms with E-state index in [1.54, 1.807) is 4.90 Å². The maximum absolute atomic E-state index is 12.0. The monoisotopic (exact) mass is 305 g/mol. The number of para-hydroxylation sites is 1. The fourth-order valence-corrected chi connectivity index (χ4v) is 3.08. The molecule has 1 aliphatic rings. The van der Waals surface area contributed by atoms with Crippen molar-refractivity contribution < 1.29 is 14.7 Å². The van der Waals surface area contributed by atoms with Crippen LogP contribution in [0.15, 0.2) is 24.3 Å². The average molecular weight is 305 g/mol. The van der Waals surface area contributed by atoms with Crippen LogP contribution in [-0.4, -0.2) is 46.0 Å². The molecule has 6 nitrogen and oxygen atoms in total. The molecular weight excluding hydrogens is 290 g/mol. The number of carboxylic acids is 1. The number of fused-ring (bicyclic) bond motifs is 1. The molecule has 21 heavy (non-hydrogen) atoms. The number of thiazole rings is 1. The highest BCUT2D eigenvalue weighted by Gasteiger charge is 2.31. The third-order valence-corrected chi connectivity index (χ3v) is 4.24. The summed E-state index contributed by atoms with van der Waals surface area (Å²) in [6, 6.07) is 7.89. The van der Waals surface area contributed by atoms with Crippen molar-refractivity contribution in [2.45, 2.75) is 18.9 Å². The number of hydrogen-bond acceptors (Lipinski definition) is 5. The van der Waals surface area contributed by atoms with Crippen LogP contribution in [0.1, 0.15) is 12.8 Å². The van der Waals surface area contributed by atoms with E-state index in [4.69, 9.17) is 5.11 Å². The second-order valence-electron chi connectivity index (χ2n) is 5.06. The summed E-state index contributed by atoms with van der Waals surface area (Å²) in [5, 5.41) is 12.2. The zero-order chi connectivity index (χ0) is 14.8. The van der Waals surface area contributed by atoms with Gasteiger partial charge < -0.3 is 10.4 Å². The summed E-state index contributed by atoms with van der Waals surface area (Å²) in [5.41, 5.74) is 0.849. The van der Waals surface area contributed by atoms with Gasteiger partial charge in [-0.2, -0.15) is 0 Å². The zero-order valence-corrected chi connectivity index (χ0v) is 12.1. The largest absolute Gasteiger partial charge is 0.480 e. The van der Waals surface area contributed by atoms with Crippen molar-refractivity contribution in [2.24, 2.45) is 0 Å². The third-order valence-electron chi connectivity index (χ3n) is 3.29. The van der Waals surface area contributed by atoms with E-state index in [2.05, 4.69) is 10.3 Å². The van der Waals surface area contributed by atoms with Crippen LogP contribution in [0.25, 0.3) is 10.2 Å². The number of benzene rings is 1. The zero-order valence-electron chi connectivity index (χ0n) is 11.3. The first-order valence-corrected chi connectivity index (χ1v) is 7.55. The minimum absolute atomic E-state index is 0.0902. The van der Waals surface area contributed by atoms with Gasteiger partial charge in [-0.05, 0) is 25.0 Å². The number of carbonyl (C=O) groups excluding carboxylic acids is 1. The Morgan fingerprint density at radius 2 is 2.10 bits per heavy atom. The molecule has 0 unspecified atom stereocenters. The molecule has 2 aromatic rings. The van der Waals surface area contributed by atoms with Crippen molar-refractivity contribution in [2.75, 3.05) is 18.4 Å². The van der Waals surface area contributed by atoms with Crippen molar-refractivity contribution in [3.8, 4) is 0 Å². The summed E-state index contributed by atoms with van der Waals surface area (Å²) >= 11 is 1.41. The van der Waals surface area contributed by atoms with Gasteiger partial charge in [-0.3, -0.25) is 14.5 Å². The van der Waals surface area contributed by atoms with Gasteiger partial charge in [0, 0.05) is 6.04 Å². The smallest absolute Gasteiger partial charge is 0.317 e. The van der Waals surface area contributed by atoms with E-state index in [0.29, 0.717) is 5.13 Å². The van der Waals surface area contributed by atoms with Crippen LogP contribution in [0.5, 0.6) is 0 Å². The van der Waals surface area contributed by atoms with Gasteiger partial charge in [-0.25, -0.2) is 4.98 Å². The number of amides is 1. The normalized spacial score (nSPS) is 14.5. The number of aliphatic carboxylic acids is 1. The average Bonchev–Trinajstić information content (AvgIpc) is 3.18. The molecule has 0 aliphatic heterocycles. The molecule has 1 saturated carbocycles. The number of hydrogen-bond donors (Lipinski definition) is 2. The Hall–Kier alpha value is -1.99. The molecular formula is C14H15N3O3S. The van der Waals surface area contributed by atoms with Crippen LogP contribution < -0.4 is 5.32 Å².